The minimum Gasteiger partial charge on any atom is -0.497 e. The first-order valence-corrected chi connectivity index (χ1v) is 12.5. The highest BCUT2D eigenvalue weighted by atomic mass is 79.9. The molecule has 1 aromatic heterocycles. The van der Waals surface area contributed by atoms with E-state index < -0.39 is 9.84 Å². The van der Waals surface area contributed by atoms with Crippen molar-refractivity contribution in [2.24, 2.45) is 0 Å². The maximum absolute atomic E-state index is 13.0. The summed E-state index contributed by atoms with van der Waals surface area (Å²) < 4.78 is 31.9. The zero-order valence-corrected chi connectivity index (χ0v) is 19.1. The number of piperidine rings is 1. The number of aromatic nitrogens is 1. The lowest BCUT2D eigenvalue weighted by atomic mass is 10.1. The number of hydrogen-bond donors (Lipinski definition) is 0. The lowest BCUT2D eigenvalue weighted by Gasteiger charge is -2.31. The zero-order chi connectivity index (χ0) is 20.4. The van der Waals surface area contributed by atoms with Gasteiger partial charge in [0.1, 0.15) is 5.75 Å². The third-order valence-electron chi connectivity index (χ3n) is 5.15. The molecular formula is C21H21BrN2O3S2. The number of hydrogen-bond acceptors (Lipinski definition) is 6. The Bertz CT molecular complexity index is 1090. The first kappa shape index (κ1) is 20.4. The van der Waals surface area contributed by atoms with Gasteiger partial charge in [0.05, 0.1) is 22.9 Å². The first-order chi connectivity index (χ1) is 14.0. The second-order valence-electron chi connectivity index (χ2n) is 6.93. The summed E-state index contributed by atoms with van der Waals surface area (Å²) in [4.78, 5) is 7.34. The zero-order valence-electron chi connectivity index (χ0n) is 15.9. The molecule has 0 bridgehead atoms. The molecule has 1 aliphatic heterocycles. The van der Waals surface area contributed by atoms with Gasteiger partial charge in [0.25, 0.3) is 0 Å². The van der Waals surface area contributed by atoms with Gasteiger partial charge >= 0.3 is 0 Å². The maximum atomic E-state index is 13.0. The van der Waals surface area contributed by atoms with Gasteiger partial charge in [-0.2, -0.15) is 0 Å². The Labute approximate surface area is 183 Å². The van der Waals surface area contributed by atoms with Crippen LogP contribution in [0.1, 0.15) is 12.8 Å². The molecule has 0 unspecified atom stereocenters. The second kappa shape index (κ2) is 8.45. The summed E-state index contributed by atoms with van der Waals surface area (Å²) >= 11 is 4.96. The predicted octanol–water partition coefficient (Wildman–Crippen LogP) is 5.02. The molecule has 0 amide bonds. The van der Waals surface area contributed by atoms with Crippen LogP contribution in [-0.4, -0.2) is 38.9 Å². The molecule has 1 saturated heterocycles. The molecule has 2 heterocycles. The highest BCUT2D eigenvalue weighted by molar-refractivity contribution is 9.10. The SMILES string of the molecule is COc1ccc(-c2csc(N3CCC(S(=O)(=O)c4cccc(Br)c4)CC3)n2)cc1. The monoisotopic (exact) mass is 492 g/mol. The van der Waals surface area contributed by atoms with E-state index >= 15 is 0 Å². The van der Waals surface area contributed by atoms with E-state index in [4.69, 9.17) is 9.72 Å². The molecule has 8 heteroatoms. The molecule has 0 atom stereocenters. The summed E-state index contributed by atoms with van der Waals surface area (Å²) in [5.74, 6) is 0.818. The molecule has 3 aromatic rings. The van der Waals surface area contributed by atoms with Gasteiger partial charge in [0.2, 0.25) is 0 Å². The van der Waals surface area contributed by atoms with Crippen LogP contribution in [0.5, 0.6) is 5.75 Å². The van der Waals surface area contributed by atoms with Crippen LogP contribution in [0.25, 0.3) is 11.3 Å². The van der Waals surface area contributed by atoms with Crippen molar-refractivity contribution in [2.45, 2.75) is 23.0 Å². The van der Waals surface area contributed by atoms with Gasteiger partial charge in [-0.1, -0.05) is 22.0 Å². The van der Waals surface area contributed by atoms with Crippen LogP contribution in [0, 0.1) is 0 Å². The molecule has 29 heavy (non-hydrogen) atoms. The van der Waals surface area contributed by atoms with Crippen LogP contribution < -0.4 is 9.64 Å². The van der Waals surface area contributed by atoms with Crippen LogP contribution >= 0.6 is 27.3 Å². The quantitative estimate of drug-likeness (QED) is 0.500. The molecule has 0 aliphatic carbocycles. The second-order valence-corrected chi connectivity index (χ2v) is 10.9. The third kappa shape index (κ3) is 4.34. The van der Waals surface area contributed by atoms with E-state index in [1.165, 1.54) is 0 Å². The van der Waals surface area contributed by atoms with Gasteiger partial charge in [0.15, 0.2) is 15.0 Å². The Morgan fingerprint density at radius 1 is 1.14 bits per heavy atom. The fourth-order valence-electron chi connectivity index (χ4n) is 3.50. The third-order valence-corrected chi connectivity index (χ3v) is 8.81. The van der Waals surface area contributed by atoms with Crippen molar-refractivity contribution in [3.05, 3.63) is 58.4 Å². The largest absolute Gasteiger partial charge is 0.497 e. The molecule has 0 N–H and O–H groups in total. The Balaban J connectivity index is 1.44. The Morgan fingerprint density at radius 2 is 1.86 bits per heavy atom. The fourth-order valence-corrected chi connectivity index (χ4v) is 6.71. The maximum Gasteiger partial charge on any atom is 0.185 e. The molecule has 0 saturated carbocycles. The van der Waals surface area contributed by atoms with E-state index in [1.54, 1.807) is 36.6 Å². The lowest BCUT2D eigenvalue weighted by molar-refractivity contribution is 0.415. The summed E-state index contributed by atoms with van der Waals surface area (Å²) in [5.41, 5.74) is 1.97. The van der Waals surface area contributed by atoms with Crippen LogP contribution in [0.15, 0.2) is 63.3 Å². The van der Waals surface area contributed by atoms with E-state index in [-0.39, 0.29) is 5.25 Å². The van der Waals surface area contributed by atoms with E-state index in [0.29, 0.717) is 30.8 Å². The van der Waals surface area contributed by atoms with Crippen molar-refractivity contribution >= 4 is 42.2 Å². The molecule has 0 radical (unpaired) electrons. The Kier molecular flexibility index (Phi) is 5.94. The van der Waals surface area contributed by atoms with Gasteiger partial charge in [0, 0.05) is 28.5 Å². The van der Waals surface area contributed by atoms with Crippen molar-refractivity contribution < 1.29 is 13.2 Å². The average Bonchev–Trinajstić information content (AvgIpc) is 3.24. The Hall–Kier alpha value is -1.90. The van der Waals surface area contributed by atoms with Crippen molar-refractivity contribution in [1.29, 1.82) is 0 Å². The summed E-state index contributed by atoms with van der Waals surface area (Å²) in [6.45, 7) is 1.38. The number of thiazole rings is 1. The average molecular weight is 493 g/mol. The van der Waals surface area contributed by atoms with Crippen molar-refractivity contribution in [3.63, 3.8) is 0 Å². The van der Waals surface area contributed by atoms with E-state index in [1.807, 2.05) is 35.7 Å². The van der Waals surface area contributed by atoms with Crippen LogP contribution in [0.2, 0.25) is 0 Å². The minimum absolute atomic E-state index is 0.353. The number of benzene rings is 2. The standard InChI is InChI=1S/C21H21BrN2O3S2/c1-27-17-7-5-15(6-8-17)20-14-28-21(23-20)24-11-9-18(10-12-24)29(25,26)19-4-2-3-16(22)13-19/h2-8,13-14,18H,9-12H2,1H3. The molecule has 0 spiro atoms. The topological polar surface area (TPSA) is 59.5 Å². The van der Waals surface area contributed by atoms with E-state index in [2.05, 4.69) is 20.8 Å². The molecule has 1 aliphatic rings. The van der Waals surface area contributed by atoms with E-state index in [0.717, 1.165) is 26.6 Å². The number of rotatable bonds is 5. The number of halogens is 1. The van der Waals surface area contributed by atoms with Crippen LogP contribution in [0.3, 0.4) is 0 Å². The van der Waals surface area contributed by atoms with Gasteiger partial charge < -0.3 is 9.64 Å². The molecule has 5 nitrogen and oxygen atoms in total. The summed E-state index contributed by atoms with van der Waals surface area (Å²) in [6, 6.07) is 14.8. The number of methoxy groups -OCH3 is 1. The molecule has 4 rings (SSSR count). The molecular weight excluding hydrogens is 472 g/mol. The first-order valence-electron chi connectivity index (χ1n) is 9.32. The summed E-state index contributed by atoms with van der Waals surface area (Å²) in [7, 11) is -1.67. The van der Waals surface area contributed by atoms with Crippen LogP contribution in [-0.2, 0) is 9.84 Å². The minimum atomic E-state index is -3.32. The van der Waals surface area contributed by atoms with Gasteiger partial charge in [-0.3, -0.25) is 0 Å². The highest BCUT2D eigenvalue weighted by Gasteiger charge is 2.32. The van der Waals surface area contributed by atoms with Crippen molar-refractivity contribution in [1.82, 2.24) is 4.98 Å². The highest BCUT2D eigenvalue weighted by Crippen LogP contribution is 2.32. The summed E-state index contributed by atoms with van der Waals surface area (Å²) in [6.07, 6.45) is 1.21. The van der Waals surface area contributed by atoms with Crippen molar-refractivity contribution in [3.8, 4) is 17.0 Å². The smallest absolute Gasteiger partial charge is 0.185 e. The normalized spacial score (nSPS) is 15.4. The van der Waals surface area contributed by atoms with Gasteiger partial charge in [-0.25, -0.2) is 13.4 Å². The number of sulfone groups is 1. The Morgan fingerprint density at radius 3 is 2.52 bits per heavy atom. The van der Waals surface area contributed by atoms with Gasteiger partial charge in [-0.15, -0.1) is 11.3 Å². The van der Waals surface area contributed by atoms with Crippen LogP contribution in [0.4, 0.5) is 5.13 Å². The summed E-state index contributed by atoms with van der Waals surface area (Å²) in [5, 5.41) is 2.63. The number of anilines is 1. The molecule has 1 fully saturated rings. The van der Waals surface area contributed by atoms with Gasteiger partial charge in [-0.05, 0) is 55.3 Å². The number of ether oxygens (including phenoxy) is 1. The molecule has 2 aromatic carbocycles. The van der Waals surface area contributed by atoms with E-state index in [9.17, 15) is 8.42 Å². The number of nitrogens with zero attached hydrogens (tertiary/aromatic N) is 2. The fraction of sp³-hybridized carbons (Fsp3) is 0.286. The molecule has 152 valence electrons. The lowest BCUT2D eigenvalue weighted by Crippen LogP contribution is -2.39. The van der Waals surface area contributed by atoms with Crippen molar-refractivity contribution in [2.75, 3.05) is 25.1 Å². The predicted molar refractivity (Wildman–Crippen MR) is 121 cm³/mol.